The molecular formula is C15H12F3N3. The van der Waals surface area contributed by atoms with Crippen LogP contribution in [-0.4, -0.2) is 4.98 Å². The van der Waals surface area contributed by atoms with E-state index < -0.39 is 11.7 Å². The van der Waals surface area contributed by atoms with Crippen LogP contribution in [0.3, 0.4) is 0 Å². The molecule has 1 atom stereocenters. The first-order valence-electron chi connectivity index (χ1n) is 6.20. The van der Waals surface area contributed by atoms with Crippen LogP contribution in [0.5, 0.6) is 0 Å². The molecule has 6 heteroatoms. The highest BCUT2D eigenvalue weighted by atomic mass is 19.4. The van der Waals surface area contributed by atoms with E-state index in [9.17, 15) is 13.2 Å². The highest BCUT2D eigenvalue weighted by Crippen LogP contribution is 2.32. The van der Waals surface area contributed by atoms with Gasteiger partial charge in [0.15, 0.2) is 0 Å². The standard InChI is InChI=1S/C15H12F3N3/c1-10(13-4-2-3-7-20-13)21-14-6-5-12(15(16,17)18)8-11(14)9-19/h2-8,10,21H,1H3. The van der Waals surface area contributed by atoms with Crippen molar-refractivity contribution in [3.63, 3.8) is 0 Å². The Kier molecular flexibility index (Phi) is 4.13. The zero-order chi connectivity index (χ0) is 15.5. The van der Waals surface area contributed by atoms with E-state index in [2.05, 4.69) is 10.3 Å². The van der Waals surface area contributed by atoms with Crippen molar-refractivity contribution in [1.82, 2.24) is 4.98 Å². The second-order valence-corrected chi connectivity index (χ2v) is 4.49. The van der Waals surface area contributed by atoms with Gasteiger partial charge in [0.2, 0.25) is 0 Å². The summed E-state index contributed by atoms with van der Waals surface area (Å²) in [5.41, 5.74) is 0.202. The van der Waals surface area contributed by atoms with Crippen molar-refractivity contribution >= 4 is 5.69 Å². The Morgan fingerprint density at radius 3 is 2.57 bits per heavy atom. The largest absolute Gasteiger partial charge is 0.416 e. The predicted octanol–water partition coefficient (Wildman–Crippen LogP) is 4.15. The van der Waals surface area contributed by atoms with Crippen molar-refractivity contribution in [2.75, 3.05) is 5.32 Å². The number of nitrogens with zero attached hydrogens (tertiary/aromatic N) is 2. The van der Waals surface area contributed by atoms with E-state index in [1.807, 2.05) is 13.0 Å². The van der Waals surface area contributed by atoms with Crippen LogP contribution >= 0.6 is 0 Å². The number of alkyl halides is 3. The molecule has 0 aliphatic heterocycles. The van der Waals surface area contributed by atoms with E-state index in [1.165, 1.54) is 6.07 Å². The van der Waals surface area contributed by atoms with Crippen molar-refractivity contribution in [1.29, 1.82) is 5.26 Å². The number of halogens is 3. The lowest BCUT2D eigenvalue weighted by molar-refractivity contribution is -0.137. The molecule has 1 aromatic carbocycles. The number of hydrogen-bond acceptors (Lipinski definition) is 3. The molecule has 21 heavy (non-hydrogen) atoms. The van der Waals surface area contributed by atoms with Gasteiger partial charge in [-0.1, -0.05) is 6.07 Å². The molecule has 0 aliphatic carbocycles. The van der Waals surface area contributed by atoms with Crippen LogP contribution in [-0.2, 0) is 6.18 Å². The number of aromatic nitrogens is 1. The molecule has 3 nitrogen and oxygen atoms in total. The van der Waals surface area contributed by atoms with Crippen LogP contribution in [0.4, 0.5) is 18.9 Å². The molecule has 2 aromatic rings. The first kappa shape index (κ1) is 14.9. The quantitative estimate of drug-likeness (QED) is 0.924. The van der Waals surface area contributed by atoms with Gasteiger partial charge in [-0.3, -0.25) is 4.98 Å². The van der Waals surface area contributed by atoms with Gasteiger partial charge < -0.3 is 5.32 Å². The maximum atomic E-state index is 12.6. The van der Waals surface area contributed by atoms with Crippen LogP contribution in [0.25, 0.3) is 0 Å². The molecule has 0 amide bonds. The summed E-state index contributed by atoms with van der Waals surface area (Å²) in [5.74, 6) is 0. The third-order valence-electron chi connectivity index (χ3n) is 2.97. The zero-order valence-electron chi connectivity index (χ0n) is 11.1. The lowest BCUT2D eigenvalue weighted by Gasteiger charge is -2.16. The van der Waals surface area contributed by atoms with Gasteiger partial charge in [-0.05, 0) is 37.3 Å². The van der Waals surface area contributed by atoms with Crippen molar-refractivity contribution < 1.29 is 13.2 Å². The Morgan fingerprint density at radius 2 is 2.00 bits per heavy atom. The average molecular weight is 291 g/mol. The van der Waals surface area contributed by atoms with Crippen LogP contribution in [0.2, 0.25) is 0 Å². The SMILES string of the molecule is CC(Nc1ccc(C(F)(F)F)cc1C#N)c1ccccn1. The zero-order valence-corrected chi connectivity index (χ0v) is 11.1. The second kappa shape index (κ2) is 5.83. The fraction of sp³-hybridized carbons (Fsp3) is 0.200. The summed E-state index contributed by atoms with van der Waals surface area (Å²) < 4.78 is 37.9. The average Bonchev–Trinajstić information content (AvgIpc) is 2.47. The molecule has 1 N–H and O–H groups in total. The third kappa shape index (κ3) is 3.51. The molecule has 0 saturated heterocycles. The lowest BCUT2D eigenvalue weighted by atomic mass is 10.1. The van der Waals surface area contributed by atoms with Gasteiger partial charge in [0, 0.05) is 6.20 Å². The third-order valence-corrected chi connectivity index (χ3v) is 2.97. The summed E-state index contributed by atoms with van der Waals surface area (Å²) in [6.07, 6.45) is -2.83. The summed E-state index contributed by atoms with van der Waals surface area (Å²) in [7, 11) is 0. The van der Waals surface area contributed by atoms with Crippen LogP contribution in [0.15, 0.2) is 42.6 Å². The number of pyridine rings is 1. The molecule has 0 radical (unpaired) electrons. The maximum absolute atomic E-state index is 12.6. The Hall–Kier alpha value is -2.55. The molecule has 0 saturated carbocycles. The number of anilines is 1. The molecule has 0 aliphatic rings. The first-order valence-corrected chi connectivity index (χ1v) is 6.20. The maximum Gasteiger partial charge on any atom is 0.416 e. The Labute approximate surface area is 120 Å². The first-order chi connectivity index (χ1) is 9.91. The summed E-state index contributed by atoms with van der Waals surface area (Å²) >= 11 is 0. The highest BCUT2D eigenvalue weighted by molar-refractivity contribution is 5.59. The van der Waals surface area contributed by atoms with Gasteiger partial charge in [-0.2, -0.15) is 18.4 Å². The number of hydrogen-bond donors (Lipinski definition) is 1. The molecule has 1 unspecified atom stereocenters. The Morgan fingerprint density at radius 1 is 1.24 bits per heavy atom. The molecular weight excluding hydrogens is 279 g/mol. The van der Waals surface area contributed by atoms with Gasteiger partial charge in [-0.25, -0.2) is 0 Å². The van der Waals surface area contributed by atoms with E-state index in [1.54, 1.807) is 24.4 Å². The molecule has 1 aromatic heterocycles. The van der Waals surface area contributed by atoms with Gasteiger partial charge in [0.05, 0.1) is 28.6 Å². The molecule has 108 valence electrons. The van der Waals surface area contributed by atoms with E-state index >= 15 is 0 Å². The van der Waals surface area contributed by atoms with Gasteiger partial charge >= 0.3 is 6.18 Å². The number of rotatable bonds is 3. The molecule has 0 bridgehead atoms. The fourth-order valence-electron chi connectivity index (χ4n) is 1.88. The van der Waals surface area contributed by atoms with Crippen molar-refractivity contribution in [3.8, 4) is 6.07 Å². The number of nitriles is 1. The van der Waals surface area contributed by atoms with E-state index in [4.69, 9.17) is 5.26 Å². The Balaban J connectivity index is 2.27. The number of benzene rings is 1. The monoisotopic (exact) mass is 291 g/mol. The summed E-state index contributed by atoms with van der Waals surface area (Å²) in [6.45, 7) is 1.82. The van der Waals surface area contributed by atoms with Crippen LogP contribution in [0, 0.1) is 11.3 Å². The minimum absolute atomic E-state index is 0.0485. The normalized spacial score (nSPS) is 12.5. The highest BCUT2D eigenvalue weighted by Gasteiger charge is 2.31. The predicted molar refractivity (Wildman–Crippen MR) is 72.4 cm³/mol. The van der Waals surface area contributed by atoms with Gasteiger partial charge in [0.1, 0.15) is 6.07 Å². The van der Waals surface area contributed by atoms with Crippen molar-refractivity contribution in [2.24, 2.45) is 0 Å². The summed E-state index contributed by atoms with van der Waals surface area (Å²) in [4.78, 5) is 4.16. The molecule has 1 heterocycles. The molecule has 0 fully saturated rings. The fourth-order valence-corrected chi connectivity index (χ4v) is 1.88. The molecule has 0 spiro atoms. The summed E-state index contributed by atoms with van der Waals surface area (Å²) in [6, 6.07) is 10.0. The van der Waals surface area contributed by atoms with Gasteiger partial charge in [-0.15, -0.1) is 0 Å². The van der Waals surface area contributed by atoms with Gasteiger partial charge in [0.25, 0.3) is 0 Å². The smallest absolute Gasteiger partial charge is 0.376 e. The van der Waals surface area contributed by atoms with E-state index in [0.717, 1.165) is 17.8 Å². The summed E-state index contributed by atoms with van der Waals surface area (Å²) in [5, 5.41) is 12.0. The molecule has 2 rings (SSSR count). The number of nitrogens with one attached hydrogen (secondary N) is 1. The van der Waals surface area contributed by atoms with Crippen LogP contribution in [0.1, 0.15) is 29.8 Å². The lowest BCUT2D eigenvalue weighted by Crippen LogP contribution is -2.11. The Bertz CT molecular complexity index is 660. The minimum Gasteiger partial charge on any atom is -0.376 e. The minimum atomic E-state index is -4.46. The second-order valence-electron chi connectivity index (χ2n) is 4.49. The van der Waals surface area contributed by atoms with Crippen molar-refractivity contribution in [3.05, 3.63) is 59.4 Å². The van der Waals surface area contributed by atoms with Crippen LogP contribution < -0.4 is 5.32 Å². The topological polar surface area (TPSA) is 48.7 Å². The van der Waals surface area contributed by atoms with Crippen molar-refractivity contribution in [2.45, 2.75) is 19.1 Å². The van der Waals surface area contributed by atoms with E-state index in [-0.39, 0.29) is 11.6 Å². The van der Waals surface area contributed by atoms with E-state index in [0.29, 0.717) is 5.69 Å².